The van der Waals surface area contributed by atoms with E-state index in [4.69, 9.17) is 10.8 Å². The molecule has 0 bridgehead atoms. The highest BCUT2D eigenvalue weighted by Gasteiger charge is 2.51. The summed E-state index contributed by atoms with van der Waals surface area (Å²) < 4.78 is 0. The molecule has 1 atom stereocenters. The zero-order chi connectivity index (χ0) is 11.8. The fourth-order valence-electron chi connectivity index (χ4n) is 2.35. The number of rotatable bonds is 3. The van der Waals surface area contributed by atoms with Crippen molar-refractivity contribution in [2.45, 2.75) is 25.7 Å². The lowest BCUT2D eigenvalue weighted by Gasteiger charge is -2.33. The van der Waals surface area contributed by atoms with Gasteiger partial charge >= 0.3 is 5.97 Å². The molecule has 5 heteroatoms. The minimum atomic E-state index is -0.796. The molecule has 0 aromatic heterocycles. The van der Waals surface area contributed by atoms with Gasteiger partial charge < -0.3 is 15.7 Å². The van der Waals surface area contributed by atoms with E-state index >= 15 is 0 Å². The molecular weight excluding hydrogens is 208 g/mol. The van der Waals surface area contributed by atoms with E-state index in [0.717, 1.165) is 19.3 Å². The van der Waals surface area contributed by atoms with E-state index in [1.807, 2.05) is 0 Å². The van der Waals surface area contributed by atoms with Crippen LogP contribution in [-0.4, -0.2) is 41.5 Å². The van der Waals surface area contributed by atoms with Gasteiger partial charge in [-0.15, -0.1) is 0 Å². The predicted octanol–water partition coefficient (Wildman–Crippen LogP) is 0.0485. The molecule has 5 nitrogen and oxygen atoms in total. The molecule has 0 aromatic rings. The molecule has 1 saturated carbocycles. The molecule has 1 aliphatic carbocycles. The first-order chi connectivity index (χ1) is 7.59. The molecule has 0 unspecified atom stereocenters. The van der Waals surface area contributed by atoms with Crippen LogP contribution in [-0.2, 0) is 9.59 Å². The van der Waals surface area contributed by atoms with E-state index < -0.39 is 11.9 Å². The van der Waals surface area contributed by atoms with E-state index in [1.54, 1.807) is 4.90 Å². The number of carbonyl (C=O) groups is 2. The minimum absolute atomic E-state index is 0.0703. The summed E-state index contributed by atoms with van der Waals surface area (Å²) in [6.45, 7) is 1.43. The third-order valence-electron chi connectivity index (χ3n) is 3.76. The lowest BCUT2D eigenvalue weighted by atomic mass is 9.96. The highest BCUT2D eigenvalue weighted by Crippen LogP contribution is 2.46. The first-order valence-corrected chi connectivity index (χ1v) is 5.81. The lowest BCUT2D eigenvalue weighted by Crippen LogP contribution is -2.47. The van der Waals surface area contributed by atoms with Crippen LogP contribution in [0.4, 0.5) is 0 Å². The highest BCUT2D eigenvalue weighted by molar-refractivity contribution is 5.86. The molecule has 1 heterocycles. The summed E-state index contributed by atoms with van der Waals surface area (Å²) in [5.74, 6) is -1.12. The van der Waals surface area contributed by atoms with E-state index in [9.17, 15) is 9.59 Å². The molecule has 0 aromatic carbocycles. The standard InChI is InChI=1S/C11H18N2O3/c12-7-11(3-4-11)10(16)13-5-1-2-8(6-13)9(14)15/h8H,1-7,12H2,(H,14,15)/t8-/m0/s1. The SMILES string of the molecule is NCC1(C(=O)N2CCC[C@H](C(=O)O)C2)CC1. The smallest absolute Gasteiger partial charge is 0.308 e. The van der Waals surface area contributed by atoms with Crippen LogP contribution in [0.5, 0.6) is 0 Å². The lowest BCUT2D eigenvalue weighted by molar-refractivity contribution is -0.147. The number of hydrogen-bond acceptors (Lipinski definition) is 3. The van der Waals surface area contributed by atoms with Crippen molar-refractivity contribution in [2.24, 2.45) is 17.1 Å². The Morgan fingerprint density at radius 3 is 2.62 bits per heavy atom. The van der Waals surface area contributed by atoms with Gasteiger partial charge in [0.05, 0.1) is 11.3 Å². The quantitative estimate of drug-likeness (QED) is 0.712. The summed E-state index contributed by atoms with van der Waals surface area (Å²) in [5.41, 5.74) is 5.26. The molecule has 90 valence electrons. The van der Waals surface area contributed by atoms with Crippen molar-refractivity contribution < 1.29 is 14.7 Å². The third-order valence-corrected chi connectivity index (χ3v) is 3.76. The molecule has 2 fully saturated rings. The van der Waals surface area contributed by atoms with E-state index in [2.05, 4.69) is 0 Å². The molecule has 1 saturated heterocycles. The second-order valence-electron chi connectivity index (χ2n) is 4.91. The van der Waals surface area contributed by atoms with Crippen molar-refractivity contribution in [1.29, 1.82) is 0 Å². The summed E-state index contributed by atoms with van der Waals surface area (Å²) in [7, 11) is 0. The average Bonchev–Trinajstić information content (AvgIpc) is 3.09. The molecule has 1 aliphatic heterocycles. The number of carbonyl (C=O) groups excluding carboxylic acids is 1. The molecule has 2 rings (SSSR count). The van der Waals surface area contributed by atoms with Crippen LogP contribution < -0.4 is 5.73 Å². The Balaban J connectivity index is 1.99. The van der Waals surface area contributed by atoms with Gasteiger partial charge in [0.1, 0.15) is 0 Å². The molecule has 3 N–H and O–H groups in total. The Labute approximate surface area is 94.6 Å². The summed E-state index contributed by atoms with van der Waals surface area (Å²) >= 11 is 0. The number of carboxylic acids is 1. The van der Waals surface area contributed by atoms with Crippen LogP contribution in [0.2, 0.25) is 0 Å². The van der Waals surface area contributed by atoms with Crippen molar-refractivity contribution in [3.8, 4) is 0 Å². The van der Waals surface area contributed by atoms with Crippen LogP contribution >= 0.6 is 0 Å². The van der Waals surface area contributed by atoms with Gasteiger partial charge in [-0.2, -0.15) is 0 Å². The second-order valence-corrected chi connectivity index (χ2v) is 4.91. The molecular formula is C11H18N2O3. The number of aliphatic carboxylic acids is 1. The first-order valence-electron chi connectivity index (χ1n) is 5.81. The number of nitrogens with two attached hydrogens (primary N) is 1. The summed E-state index contributed by atoms with van der Waals surface area (Å²) in [6, 6.07) is 0. The number of nitrogens with zero attached hydrogens (tertiary/aromatic N) is 1. The van der Waals surface area contributed by atoms with Crippen LogP contribution in [0.25, 0.3) is 0 Å². The van der Waals surface area contributed by atoms with Crippen LogP contribution in [0.15, 0.2) is 0 Å². The van der Waals surface area contributed by atoms with Gasteiger partial charge in [-0.25, -0.2) is 0 Å². The van der Waals surface area contributed by atoms with Crippen molar-refractivity contribution in [1.82, 2.24) is 4.90 Å². The molecule has 0 spiro atoms. The highest BCUT2D eigenvalue weighted by atomic mass is 16.4. The third kappa shape index (κ3) is 1.91. The van der Waals surface area contributed by atoms with Crippen LogP contribution in [0.3, 0.4) is 0 Å². The summed E-state index contributed by atoms with van der Waals surface area (Å²) in [6.07, 6.45) is 3.17. The Kier molecular flexibility index (Phi) is 2.88. The maximum atomic E-state index is 12.1. The average molecular weight is 226 g/mol. The fraction of sp³-hybridized carbons (Fsp3) is 0.818. The monoisotopic (exact) mass is 226 g/mol. The number of piperidine rings is 1. The van der Waals surface area contributed by atoms with Gasteiger partial charge in [-0.3, -0.25) is 9.59 Å². The topological polar surface area (TPSA) is 83.6 Å². The van der Waals surface area contributed by atoms with E-state index in [1.165, 1.54) is 0 Å². The predicted molar refractivity (Wildman–Crippen MR) is 57.7 cm³/mol. The van der Waals surface area contributed by atoms with Crippen molar-refractivity contribution in [3.05, 3.63) is 0 Å². The zero-order valence-electron chi connectivity index (χ0n) is 9.32. The normalized spacial score (nSPS) is 27.6. The molecule has 1 amide bonds. The van der Waals surface area contributed by atoms with E-state index in [0.29, 0.717) is 26.1 Å². The maximum Gasteiger partial charge on any atom is 0.308 e. The summed E-state index contributed by atoms with van der Waals surface area (Å²) in [5, 5.41) is 8.95. The first kappa shape index (κ1) is 11.4. The van der Waals surface area contributed by atoms with Gasteiger partial charge in [0.25, 0.3) is 0 Å². The van der Waals surface area contributed by atoms with Crippen molar-refractivity contribution in [2.75, 3.05) is 19.6 Å². The molecule has 0 radical (unpaired) electrons. The van der Waals surface area contributed by atoms with Crippen molar-refractivity contribution >= 4 is 11.9 Å². The maximum absolute atomic E-state index is 12.1. The zero-order valence-corrected chi connectivity index (χ0v) is 9.32. The number of hydrogen-bond donors (Lipinski definition) is 2. The van der Waals surface area contributed by atoms with Crippen molar-refractivity contribution in [3.63, 3.8) is 0 Å². The Hall–Kier alpha value is -1.10. The Morgan fingerprint density at radius 2 is 2.12 bits per heavy atom. The second kappa shape index (κ2) is 4.05. The van der Waals surface area contributed by atoms with Crippen LogP contribution in [0, 0.1) is 11.3 Å². The largest absolute Gasteiger partial charge is 0.481 e. The number of carboxylic acid groups (broad SMARTS) is 1. The number of likely N-dealkylation sites (tertiary alicyclic amines) is 1. The van der Waals surface area contributed by atoms with Gasteiger partial charge in [0.15, 0.2) is 0 Å². The minimum Gasteiger partial charge on any atom is -0.481 e. The van der Waals surface area contributed by atoms with Gasteiger partial charge in [0.2, 0.25) is 5.91 Å². The molecule has 16 heavy (non-hydrogen) atoms. The Morgan fingerprint density at radius 1 is 1.44 bits per heavy atom. The van der Waals surface area contributed by atoms with Crippen LogP contribution in [0.1, 0.15) is 25.7 Å². The molecule has 2 aliphatic rings. The van der Waals surface area contributed by atoms with Gasteiger partial charge in [-0.1, -0.05) is 0 Å². The van der Waals surface area contributed by atoms with E-state index in [-0.39, 0.29) is 11.3 Å². The van der Waals surface area contributed by atoms with Gasteiger partial charge in [0, 0.05) is 19.6 Å². The fourth-order valence-corrected chi connectivity index (χ4v) is 2.35. The number of amides is 1. The van der Waals surface area contributed by atoms with Gasteiger partial charge in [-0.05, 0) is 25.7 Å². The summed E-state index contributed by atoms with van der Waals surface area (Å²) in [4.78, 5) is 24.7. The Bertz CT molecular complexity index is 312.